The van der Waals surface area contributed by atoms with Crippen LogP contribution in [0, 0.1) is 0 Å². The number of benzene rings is 1. The molecule has 2 N–H and O–H groups in total. The van der Waals surface area contributed by atoms with Gasteiger partial charge in [0.15, 0.2) is 0 Å². The summed E-state index contributed by atoms with van der Waals surface area (Å²) in [6.07, 6.45) is 4.26. The third-order valence-corrected chi connectivity index (χ3v) is 3.64. The van der Waals surface area contributed by atoms with Crippen LogP contribution in [0.25, 0.3) is 10.9 Å². The van der Waals surface area contributed by atoms with Gasteiger partial charge in [0.05, 0.1) is 5.52 Å². The zero-order valence-electron chi connectivity index (χ0n) is 11.8. The minimum atomic E-state index is 0.241. The minimum absolute atomic E-state index is 0.241. The quantitative estimate of drug-likeness (QED) is 0.865. The van der Waals surface area contributed by atoms with Crippen molar-refractivity contribution in [2.24, 2.45) is 5.73 Å². The SMILES string of the molecule is CCCCN(C)C(CN)c1cccc2cccnc12. The Morgan fingerprint density at radius 2 is 2.05 bits per heavy atom. The number of hydrogen-bond acceptors (Lipinski definition) is 3. The van der Waals surface area contributed by atoms with E-state index in [1.807, 2.05) is 12.3 Å². The van der Waals surface area contributed by atoms with Gasteiger partial charge in [-0.3, -0.25) is 9.88 Å². The number of nitrogens with two attached hydrogens (primary N) is 1. The number of fused-ring (bicyclic) bond motifs is 1. The van der Waals surface area contributed by atoms with Gasteiger partial charge in [-0.1, -0.05) is 37.6 Å². The average molecular weight is 257 g/mol. The fraction of sp³-hybridized carbons (Fsp3) is 0.438. The molecule has 3 heteroatoms. The lowest BCUT2D eigenvalue weighted by Gasteiger charge is -2.27. The number of hydrogen-bond donors (Lipinski definition) is 1. The van der Waals surface area contributed by atoms with Gasteiger partial charge in [-0.2, -0.15) is 0 Å². The molecule has 0 aliphatic heterocycles. The molecule has 2 rings (SSSR count). The van der Waals surface area contributed by atoms with Crippen molar-refractivity contribution in [2.45, 2.75) is 25.8 Å². The van der Waals surface area contributed by atoms with E-state index in [-0.39, 0.29) is 6.04 Å². The summed E-state index contributed by atoms with van der Waals surface area (Å²) in [5.74, 6) is 0. The van der Waals surface area contributed by atoms with Crippen molar-refractivity contribution in [1.82, 2.24) is 9.88 Å². The van der Waals surface area contributed by atoms with Crippen LogP contribution in [0.4, 0.5) is 0 Å². The van der Waals surface area contributed by atoms with Gasteiger partial charge in [-0.05, 0) is 31.6 Å². The Morgan fingerprint density at radius 1 is 1.26 bits per heavy atom. The van der Waals surface area contributed by atoms with E-state index in [0.717, 1.165) is 12.1 Å². The summed E-state index contributed by atoms with van der Waals surface area (Å²) in [6.45, 7) is 3.91. The van der Waals surface area contributed by atoms with E-state index in [1.165, 1.54) is 23.8 Å². The molecule has 1 aromatic heterocycles. The molecule has 0 amide bonds. The maximum atomic E-state index is 6.00. The molecule has 0 saturated heterocycles. The lowest BCUT2D eigenvalue weighted by atomic mass is 10.0. The molecular formula is C16H23N3. The largest absolute Gasteiger partial charge is 0.329 e. The van der Waals surface area contributed by atoms with Crippen LogP contribution < -0.4 is 5.73 Å². The second kappa shape index (κ2) is 6.64. The number of pyridine rings is 1. The second-order valence-electron chi connectivity index (χ2n) is 5.01. The number of aromatic nitrogens is 1. The highest BCUT2D eigenvalue weighted by atomic mass is 15.1. The lowest BCUT2D eigenvalue weighted by Crippen LogP contribution is -2.31. The Morgan fingerprint density at radius 3 is 2.79 bits per heavy atom. The molecule has 0 saturated carbocycles. The first-order chi connectivity index (χ1) is 9.27. The Labute approximate surface area is 115 Å². The number of rotatable bonds is 6. The van der Waals surface area contributed by atoms with Crippen LogP contribution in [0.3, 0.4) is 0 Å². The van der Waals surface area contributed by atoms with Gasteiger partial charge in [0.25, 0.3) is 0 Å². The van der Waals surface area contributed by atoms with Crippen molar-refractivity contribution in [3.63, 3.8) is 0 Å². The van der Waals surface area contributed by atoms with Gasteiger partial charge in [-0.25, -0.2) is 0 Å². The molecule has 1 aromatic carbocycles. The van der Waals surface area contributed by atoms with Crippen LogP contribution in [0.5, 0.6) is 0 Å². The Hall–Kier alpha value is -1.45. The zero-order valence-corrected chi connectivity index (χ0v) is 11.8. The molecule has 102 valence electrons. The third kappa shape index (κ3) is 3.11. The molecule has 0 aliphatic rings. The van der Waals surface area contributed by atoms with Crippen LogP contribution in [-0.2, 0) is 0 Å². The molecular weight excluding hydrogens is 234 g/mol. The van der Waals surface area contributed by atoms with E-state index >= 15 is 0 Å². The Kier molecular flexibility index (Phi) is 4.88. The third-order valence-electron chi connectivity index (χ3n) is 3.64. The summed E-state index contributed by atoms with van der Waals surface area (Å²) in [7, 11) is 2.15. The van der Waals surface area contributed by atoms with E-state index in [1.54, 1.807) is 0 Å². The number of unbranched alkanes of at least 4 members (excludes halogenated alkanes) is 1. The maximum Gasteiger partial charge on any atom is 0.0750 e. The van der Waals surface area contributed by atoms with Gasteiger partial charge in [0, 0.05) is 24.2 Å². The topological polar surface area (TPSA) is 42.1 Å². The summed E-state index contributed by atoms with van der Waals surface area (Å²) in [6, 6.07) is 10.7. The molecule has 2 aromatic rings. The predicted octanol–water partition coefficient (Wildman–Crippen LogP) is 2.97. The highest BCUT2D eigenvalue weighted by molar-refractivity contribution is 5.82. The van der Waals surface area contributed by atoms with E-state index in [0.29, 0.717) is 6.54 Å². The van der Waals surface area contributed by atoms with Gasteiger partial charge >= 0.3 is 0 Å². The van der Waals surface area contributed by atoms with E-state index in [4.69, 9.17) is 5.73 Å². The van der Waals surface area contributed by atoms with Crippen molar-refractivity contribution in [1.29, 1.82) is 0 Å². The standard InChI is InChI=1S/C16H23N3/c1-3-4-11-19(2)15(12-17)14-9-5-7-13-8-6-10-18-16(13)14/h5-10,15H,3-4,11-12,17H2,1-2H3. The fourth-order valence-electron chi connectivity index (χ4n) is 2.50. The molecule has 1 heterocycles. The Bertz CT molecular complexity index is 519. The summed E-state index contributed by atoms with van der Waals surface area (Å²) < 4.78 is 0. The molecule has 0 bridgehead atoms. The van der Waals surface area contributed by atoms with Crippen molar-refractivity contribution in [3.05, 3.63) is 42.1 Å². The van der Waals surface area contributed by atoms with Gasteiger partial charge in [-0.15, -0.1) is 0 Å². The van der Waals surface area contributed by atoms with Crippen LogP contribution in [0.2, 0.25) is 0 Å². The Balaban J connectivity index is 2.35. The van der Waals surface area contributed by atoms with Crippen molar-refractivity contribution in [3.8, 4) is 0 Å². The van der Waals surface area contributed by atoms with Gasteiger partial charge in [0.2, 0.25) is 0 Å². The van der Waals surface area contributed by atoms with Crippen LogP contribution in [0.1, 0.15) is 31.4 Å². The molecule has 3 nitrogen and oxygen atoms in total. The van der Waals surface area contributed by atoms with Crippen LogP contribution in [0.15, 0.2) is 36.5 Å². The highest BCUT2D eigenvalue weighted by Gasteiger charge is 2.17. The van der Waals surface area contributed by atoms with Crippen molar-refractivity contribution < 1.29 is 0 Å². The highest BCUT2D eigenvalue weighted by Crippen LogP contribution is 2.25. The van der Waals surface area contributed by atoms with Crippen LogP contribution in [-0.4, -0.2) is 30.0 Å². The number of para-hydroxylation sites is 1. The van der Waals surface area contributed by atoms with E-state index in [2.05, 4.69) is 48.1 Å². The van der Waals surface area contributed by atoms with Gasteiger partial charge in [0.1, 0.15) is 0 Å². The normalized spacial score (nSPS) is 13.1. The molecule has 19 heavy (non-hydrogen) atoms. The van der Waals surface area contributed by atoms with Crippen molar-refractivity contribution >= 4 is 10.9 Å². The summed E-state index contributed by atoms with van der Waals surface area (Å²) >= 11 is 0. The van der Waals surface area contributed by atoms with Gasteiger partial charge < -0.3 is 5.73 Å². The first-order valence-electron chi connectivity index (χ1n) is 7.02. The zero-order chi connectivity index (χ0) is 13.7. The smallest absolute Gasteiger partial charge is 0.0750 e. The predicted molar refractivity (Wildman–Crippen MR) is 81.1 cm³/mol. The summed E-state index contributed by atoms with van der Waals surface area (Å²) in [4.78, 5) is 6.87. The minimum Gasteiger partial charge on any atom is -0.329 e. The molecule has 0 aliphatic carbocycles. The maximum absolute atomic E-state index is 6.00. The summed E-state index contributed by atoms with van der Waals surface area (Å²) in [5.41, 5.74) is 8.31. The molecule has 0 radical (unpaired) electrons. The monoisotopic (exact) mass is 257 g/mol. The number of nitrogens with zero attached hydrogens (tertiary/aromatic N) is 2. The summed E-state index contributed by atoms with van der Waals surface area (Å²) in [5, 5.41) is 1.18. The fourth-order valence-corrected chi connectivity index (χ4v) is 2.50. The van der Waals surface area contributed by atoms with E-state index in [9.17, 15) is 0 Å². The van der Waals surface area contributed by atoms with Crippen molar-refractivity contribution in [2.75, 3.05) is 20.1 Å². The first-order valence-corrected chi connectivity index (χ1v) is 7.02. The second-order valence-corrected chi connectivity index (χ2v) is 5.01. The van der Waals surface area contributed by atoms with Crippen LogP contribution >= 0.6 is 0 Å². The molecule has 0 fully saturated rings. The molecule has 1 unspecified atom stereocenters. The molecule has 0 spiro atoms. The first kappa shape index (κ1) is 14.0. The number of likely N-dealkylation sites (N-methyl/N-ethyl adjacent to an activating group) is 1. The molecule has 1 atom stereocenters. The van der Waals surface area contributed by atoms with E-state index < -0.39 is 0 Å². The lowest BCUT2D eigenvalue weighted by molar-refractivity contribution is 0.247. The average Bonchev–Trinajstić information content (AvgIpc) is 2.46.